The van der Waals surface area contributed by atoms with Crippen LogP contribution in [0.2, 0.25) is 5.02 Å². The number of aromatic amines is 1. The summed E-state index contributed by atoms with van der Waals surface area (Å²) in [6.07, 6.45) is 8.59. The van der Waals surface area contributed by atoms with Gasteiger partial charge in [0, 0.05) is 18.4 Å². The molecule has 200 valence electrons. The molecule has 4 N–H and O–H groups in total. The first kappa shape index (κ1) is 30.4. The van der Waals surface area contributed by atoms with Gasteiger partial charge in [-0.05, 0) is 62.2 Å². The summed E-state index contributed by atoms with van der Waals surface area (Å²) in [4.78, 5) is 29.0. The molecule has 2 aromatic rings. The molecule has 0 radical (unpaired) electrons. The normalized spacial score (nSPS) is 15.1. The molecule has 1 fully saturated rings. The van der Waals surface area contributed by atoms with E-state index in [9.17, 15) is 9.59 Å². The molecule has 1 unspecified atom stereocenters. The van der Waals surface area contributed by atoms with Crippen LogP contribution in [0.25, 0.3) is 0 Å². The van der Waals surface area contributed by atoms with E-state index in [-0.39, 0.29) is 16.4 Å². The van der Waals surface area contributed by atoms with Crippen molar-refractivity contribution in [2.75, 3.05) is 37.2 Å². The number of amides is 1. The Bertz CT molecular complexity index is 958. The summed E-state index contributed by atoms with van der Waals surface area (Å²) in [6, 6.07) is 11.8. The highest BCUT2D eigenvalue weighted by Crippen LogP contribution is 2.18. The van der Waals surface area contributed by atoms with E-state index in [1.165, 1.54) is 42.6 Å². The van der Waals surface area contributed by atoms with Gasteiger partial charge in [0.2, 0.25) is 0 Å². The van der Waals surface area contributed by atoms with Crippen LogP contribution in [0.5, 0.6) is 0 Å². The molecular formula is C28H42BrClN4O2. The highest BCUT2D eigenvalue weighted by molar-refractivity contribution is 9.09. The van der Waals surface area contributed by atoms with Crippen LogP contribution in [0.1, 0.15) is 68.3 Å². The molecule has 1 aliphatic rings. The molecule has 3 rings (SSSR count). The number of carbonyl (C=O) groups is 1. The zero-order valence-corrected chi connectivity index (χ0v) is 24.0. The monoisotopic (exact) mass is 580 g/mol. The molecule has 1 saturated heterocycles. The van der Waals surface area contributed by atoms with Crippen LogP contribution < -0.4 is 16.6 Å². The summed E-state index contributed by atoms with van der Waals surface area (Å²) >= 11 is 9.39. The molecule has 36 heavy (non-hydrogen) atoms. The Labute approximate surface area is 229 Å². The van der Waals surface area contributed by atoms with Crippen LogP contribution in [-0.2, 0) is 6.42 Å². The number of benzene rings is 1. The van der Waals surface area contributed by atoms with Gasteiger partial charge in [-0.3, -0.25) is 9.59 Å². The van der Waals surface area contributed by atoms with Gasteiger partial charge in [-0.15, -0.1) is 0 Å². The molecule has 1 aliphatic heterocycles. The summed E-state index contributed by atoms with van der Waals surface area (Å²) in [7, 11) is 0. The Hall–Kier alpha value is -1.83. The van der Waals surface area contributed by atoms with Crippen LogP contribution in [0, 0.1) is 11.8 Å². The van der Waals surface area contributed by atoms with E-state index in [1.807, 2.05) is 6.07 Å². The van der Waals surface area contributed by atoms with E-state index in [0.717, 1.165) is 44.8 Å². The van der Waals surface area contributed by atoms with Crippen LogP contribution in [-0.4, -0.2) is 47.3 Å². The van der Waals surface area contributed by atoms with Gasteiger partial charge < -0.3 is 20.9 Å². The van der Waals surface area contributed by atoms with Crippen molar-refractivity contribution >= 4 is 39.3 Å². The second kappa shape index (κ2) is 16.8. The van der Waals surface area contributed by atoms with Crippen molar-refractivity contribution in [1.29, 1.82) is 0 Å². The predicted octanol–water partition coefficient (Wildman–Crippen LogP) is 5.89. The lowest BCUT2D eigenvalue weighted by molar-refractivity contribution is 0.0935. The van der Waals surface area contributed by atoms with Gasteiger partial charge >= 0.3 is 0 Å². The number of hydrogen-bond acceptors (Lipinski definition) is 4. The molecule has 8 heteroatoms. The van der Waals surface area contributed by atoms with Crippen molar-refractivity contribution in [2.24, 2.45) is 11.8 Å². The van der Waals surface area contributed by atoms with E-state index in [2.05, 4.69) is 69.2 Å². The van der Waals surface area contributed by atoms with Crippen LogP contribution in [0.4, 0.5) is 5.82 Å². The average molecular weight is 582 g/mol. The number of nitrogens with zero attached hydrogens (tertiary/aromatic N) is 1. The highest BCUT2D eigenvalue weighted by atomic mass is 79.9. The van der Waals surface area contributed by atoms with Gasteiger partial charge in [0.25, 0.3) is 11.5 Å². The van der Waals surface area contributed by atoms with Crippen LogP contribution >= 0.6 is 27.5 Å². The maximum Gasteiger partial charge on any atom is 0.262 e. The molecule has 1 atom stereocenters. The molecule has 1 aromatic carbocycles. The number of halogens is 2. The maximum atomic E-state index is 12.3. The molecule has 0 bridgehead atoms. The van der Waals surface area contributed by atoms with Crippen LogP contribution in [0.15, 0.2) is 41.2 Å². The number of likely N-dealkylation sites (tertiary alicyclic amines) is 1. The van der Waals surface area contributed by atoms with Gasteiger partial charge in [-0.25, -0.2) is 0 Å². The standard InChI is InChI=1S/C20H25ClN4O2.C8H17Br/c21-17-12-16(20(27)24-18(17)22)19(26)23-13-15-7-10-25(11-8-15)9-6-14-4-2-1-3-5-14;1-3-5-6-8(4-2)7-9/h1-5,12,15H,6-11,13H2,(H,23,26)(H3,22,24,27);8H,3-7H2,1-2H3. The Morgan fingerprint density at radius 3 is 2.56 bits per heavy atom. The lowest BCUT2D eigenvalue weighted by Gasteiger charge is -2.32. The van der Waals surface area contributed by atoms with Gasteiger partial charge in [-0.1, -0.05) is 91.0 Å². The number of nitrogens with two attached hydrogens (primary N) is 1. The van der Waals surface area contributed by atoms with E-state index in [1.54, 1.807) is 0 Å². The second-order valence-corrected chi connectivity index (χ2v) is 10.6. The maximum absolute atomic E-state index is 12.3. The number of nitrogen functional groups attached to an aromatic ring is 1. The average Bonchev–Trinajstić information content (AvgIpc) is 2.90. The number of rotatable bonds is 11. The zero-order valence-electron chi connectivity index (χ0n) is 21.7. The van der Waals surface area contributed by atoms with Crippen LogP contribution in [0.3, 0.4) is 0 Å². The van der Waals surface area contributed by atoms with Gasteiger partial charge in [0.15, 0.2) is 0 Å². The number of piperidine rings is 1. The molecular weight excluding hydrogens is 540 g/mol. The SMILES string of the molecule is CCCCC(CC)CBr.Nc1[nH]c(=O)c(C(=O)NCC2CCN(CCc3ccccc3)CC2)cc1Cl. The number of hydrogen-bond donors (Lipinski definition) is 3. The van der Waals surface area contributed by atoms with E-state index in [0.29, 0.717) is 12.5 Å². The Morgan fingerprint density at radius 1 is 1.25 bits per heavy atom. The van der Waals surface area contributed by atoms with E-state index >= 15 is 0 Å². The minimum absolute atomic E-state index is 0.00510. The topological polar surface area (TPSA) is 91.2 Å². The van der Waals surface area contributed by atoms with Crippen molar-refractivity contribution in [3.8, 4) is 0 Å². The van der Waals surface area contributed by atoms with Crippen molar-refractivity contribution in [1.82, 2.24) is 15.2 Å². The lowest BCUT2D eigenvalue weighted by Crippen LogP contribution is -2.40. The number of unbranched alkanes of at least 4 members (excludes halogenated alkanes) is 1. The minimum atomic E-state index is -0.523. The third-order valence-electron chi connectivity index (χ3n) is 6.85. The smallest absolute Gasteiger partial charge is 0.262 e. The summed E-state index contributed by atoms with van der Waals surface area (Å²) in [5.41, 5.74) is 6.36. The third kappa shape index (κ3) is 10.7. The summed E-state index contributed by atoms with van der Waals surface area (Å²) in [5.74, 6) is 1.00. The minimum Gasteiger partial charge on any atom is -0.384 e. The first-order valence-electron chi connectivity index (χ1n) is 13.2. The molecule has 0 spiro atoms. The largest absolute Gasteiger partial charge is 0.384 e. The number of carbonyl (C=O) groups excluding carboxylic acids is 1. The quantitative estimate of drug-likeness (QED) is 0.289. The molecule has 0 saturated carbocycles. The Balaban J connectivity index is 0.000000434. The van der Waals surface area contributed by atoms with Crippen molar-refractivity contribution < 1.29 is 4.79 Å². The van der Waals surface area contributed by atoms with Crippen molar-refractivity contribution in [3.63, 3.8) is 0 Å². The fourth-order valence-corrected chi connectivity index (χ4v) is 5.19. The number of H-pyrrole nitrogens is 1. The van der Waals surface area contributed by atoms with Crippen molar-refractivity contribution in [3.05, 3.63) is 62.9 Å². The molecule has 1 aromatic heterocycles. The third-order valence-corrected chi connectivity index (χ3v) is 8.07. The number of aromatic nitrogens is 1. The zero-order chi connectivity index (χ0) is 26.3. The predicted molar refractivity (Wildman–Crippen MR) is 155 cm³/mol. The second-order valence-electron chi connectivity index (χ2n) is 9.58. The molecule has 2 heterocycles. The number of anilines is 1. The van der Waals surface area contributed by atoms with Gasteiger partial charge in [0.1, 0.15) is 11.4 Å². The fourth-order valence-electron chi connectivity index (χ4n) is 4.25. The Kier molecular flexibility index (Phi) is 14.2. The lowest BCUT2D eigenvalue weighted by atomic mass is 9.96. The van der Waals surface area contributed by atoms with E-state index < -0.39 is 11.5 Å². The van der Waals surface area contributed by atoms with Crippen molar-refractivity contribution in [2.45, 2.75) is 58.8 Å². The Morgan fingerprint density at radius 2 is 1.94 bits per heavy atom. The molecule has 0 aliphatic carbocycles. The summed E-state index contributed by atoms with van der Waals surface area (Å²) in [5, 5.41) is 4.21. The highest BCUT2D eigenvalue weighted by Gasteiger charge is 2.20. The molecule has 1 amide bonds. The number of nitrogens with one attached hydrogen (secondary N) is 2. The fraction of sp³-hybridized carbons (Fsp3) is 0.571. The molecule has 6 nitrogen and oxygen atoms in total. The summed E-state index contributed by atoms with van der Waals surface area (Å²) < 4.78 is 0. The van der Waals surface area contributed by atoms with Gasteiger partial charge in [-0.2, -0.15) is 0 Å². The summed E-state index contributed by atoms with van der Waals surface area (Å²) in [6.45, 7) is 8.20. The number of pyridine rings is 1. The first-order chi connectivity index (χ1) is 17.4. The van der Waals surface area contributed by atoms with E-state index in [4.69, 9.17) is 17.3 Å². The number of alkyl halides is 1. The van der Waals surface area contributed by atoms with Gasteiger partial charge in [0.05, 0.1) is 5.02 Å². The first-order valence-corrected chi connectivity index (χ1v) is 14.7.